The summed E-state index contributed by atoms with van der Waals surface area (Å²) in [5.41, 5.74) is 1.19. The van der Waals surface area contributed by atoms with Gasteiger partial charge in [0.15, 0.2) is 0 Å². The van der Waals surface area contributed by atoms with Crippen molar-refractivity contribution in [3.05, 3.63) is 29.8 Å². The second-order valence-corrected chi connectivity index (χ2v) is 5.07. The predicted molar refractivity (Wildman–Crippen MR) is 69.9 cm³/mol. The van der Waals surface area contributed by atoms with Crippen LogP contribution in [-0.4, -0.2) is 47.6 Å². The first-order valence-corrected chi connectivity index (χ1v) is 6.52. The molecule has 0 radical (unpaired) electrons. The van der Waals surface area contributed by atoms with Gasteiger partial charge in [-0.1, -0.05) is 12.1 Å². The zero-order valence-corrected chi connectivity index (χ0v) is 10.6. The second-order valence-electron chi connectivity index (χ2n) is 5.07. The average molecular weight is 260 g/mol. The van der Waals surface area contributed by atoms with Gasteiger partial charge in [0.25, 0.3) is 5.78 Å². The summed E-state index contributed by atoms with van der Waals surface area (Å²) in [4.78, 5) is 27.5. The van der Waals surface area contributed by atoms with Gasteiger partial charge < -0.3 is 5.11 Å². The Morgan fingerprint density at radius 3 is 2.58 bits per heavy atom. The minimum Gasteiger partial charge on any atom is -0.393 e. The topological polar surface area (TPSA) is 60.9 Å². The number of para-hydroxylation sites is 1. The molecule has 5 heteroatoms. The molecule has 1 aromatic carbocycles. The van der Waals surface area contributed by atoms with E-state index in [2.05, 4.69) is 4.90 Å². The summed E-state index contributed by atoms with van der Waals surface area (Å²) in [7, 11) is 0. The average Bonchev–Trinajstić information content (AvgIpc) is 2.67. The molecule has 1 aromatic rings. The summed E-state index contributed by atoms with van der Waals surface area (Å²) in [6.45, 7) is 1.93. The van der Waals surface area contributed by atoms with Crippen LogP contribution in [0.15, 0.2) is 24.3 Å². The Labute approximate surface area is 111 Å². The number of amides is 1. The molecule has 2 aliphatic heterocycles. The number of piperidine rings is 1. The van der Waals surface area contributed by atoms with Crippen LogP contribution in [0.25, 0.3) is 0 Å². The summed E-state index contributed by atoms with van der Waals surface area (Å²) in [6.07, 6.45) is 1.20. The Hall–Kier alpha value is -1.72. The van der Waals surface area contributed by atoms with E-state index in [9.17, 15) is 14.7 Å². The number of aliphatic hydroxyl groups is 1. The normalized spacial score (nSPS) is 21.0. The van der Waals surface area contributed by atoms with Crippen molar-refractivity contribution < 1.29 is 14.7 Å². The molecule has 0 unspecified atom stereocenters. The van der Waals surface area contributed by atoms with Gasteiger partial charge in [-0.25, -0.2) is 0 Å². The third kappa shape index (κ3) is 2.15. The monoisotopic (exact) mass is 260 g/mol. The summed E-state index contributed by atoms with van der Waals surface area (Å²) in [5, 5.41) is 9.48. The molecule has 100 valence electrons. The minimum atomic E-state index is -0.452. The highest BCUT2D eigenvalue weighted by molar-refractivity contribution is 6.52. The lowest BCUT2D eigenvalue weighted by atomic mass is 10.1. The maximum absolute atomic E-state index is 12.0. The van der Waals surface area contributed by atoms with Crippen molar-refractivity contribution in [1.82, 2.24) is 4.90 Å². The molecule has 0 bridgehead atoms. The van der Waals surface area contributed by atoms with Crippen LogP contribution < -0.4 is 4.90 Å². The van der Waals surface area contributed by atoms with E-state index < -0.39 is 11.7 Å². The zero-order valence-electron chi connectivity index (χ0n) is 10.6. The van der Waals surface area contributed by atoms with E-state index in [4.69, 9.17) is 0 Å². The molecular weight excluding hydrogens is 244 g/mol. The van der Waals surface area contributed by atoms with Crippen LogP contribution in [-0.2, 0) is 4.79 Å². The lowest BCUT2D eigenvalue weighted by molar-refractivity contribution is -0.114. The molecule has 1 fully saturated rings. The van der Waals surface area contributed by atoms with Gasteiger partial charge in [0.1, 0.15) is 0 Å². The standard InChI is InChI=1S/C14H16N2O3/c17-10-5-7-15(8-6-10)9-16-12-4-2-1-3-11(12)13(18)14(16)19/h1-4,10,17H,5-9H2. The van der Waals surface area contributed by atoms with Gasteiger partial charge in [-0.05, 0) is 25.0 Å². The van der Waals surface area contributed by atoms with E-state index in [0.29, 0.717) is 17.9 Å². The number of rotatable bonds is 2. The van der Waals surface area contributed by atoms with Crippen LogP contribution >= 0.6 is 0 Å². The predicted octanol–water partition coefficient (Wildman–Crippen LogP) is 0.630. The van der Waals surface area contributed by atoms with Gasteiger partial charge in [-0.3, -0.25) is 19.4 Å². The van der Waals surface area contributed by atoms with Crippen LogP contribution in [0.3, 0.4) is 0 Å². The number of Topliss-reactive ketones (excluding diaryl/α,β-unsaturated/α-hetero) is 1. The fraction of sp³-hybridized carbons (Fsp3) is 0.429. The molecule has 3 rings (SSSR count). The SMILES string of the molecule is O=C1C(=O)N(CN2CCC(O)CC2)c2ccccc21. The summed E-state index contributed by atoms with van der Waals surface area (Å²) >= 11 is 0. The van der Waals surface area contributed by atoms with E-state index in [0.717, 1.165) is 25.9 Å². The molecule has 1 saturated heterocycles. The molecular formula is C14H16N2O3. The molecule has 19 heavy (non-hydrogen) atoms. The highest BCUT2D eigenvalue weighted by Crippen LogP contribution is 2.28. The molecule has 0 aromatic heterocycles. The Morgan fingerprint density at radius 1 is 1.16 bits per heavy atom. The van der Waals surface area contributed by atoms with Crippen molar-refractivity contribution in [1.29, 1.82) is 0 Å². The van der Waals surface area contributed by atoms with Crippen molar-refractivity contribution in [3.8, 4) is 0 Å². The Morgan fingerprint density at radius 2 is 1.84 bits per heavy atom. The van der Waals surface area contributed by atoms with Crippen LogP contribution in [0, 0.1) is 0 Å². The van der Waals surface area contributed by atoms with Gasteiger partial charge in [-0.15, -0.1) is 0 Å². The van der Waals surface area contributed by atoms with Crippen molar-refractivity contribution in [2.45, 2.75) is 18.9 Å². The lowest BCUT2D eigenvalue weighted by Gasteiger charge is -2.32. The number of hydrogen-bond acceptors (Lipinski definition) is 4. The number of nitrogens with zero attached hydrogens (tertiary/aromatic N) is 2. The third-order valence-electron chi connectivity index (χ3n) is 3.78. The van der Waals surface area contributed by atoms with E-state index in [1.807, 2.05) is 6.07 Å². The van der Waals surface area contributed by atoms with Crippen molar-refractivity contribution in [2.24, 2.45) is 0 Å². The minimum absolute atomic E-state index is 0.237. The third-order valence-corrected chi connectivity index (χ3v) is 3.78. The molecule has 0 spiro atoms. The number of benzene rings is 1. The molecule has 0 aliphatic carbocycles. The number of likely N-dealkylation sites (tertiary alicyclic amines) is 1. The maximum Gasteiger partial charge on any atom is 0.300 e. The van der Waals surface area contributed by atoms with Crippen molar-refractivity contribution in [2.75, 3.05) is 24.7 Å². The Kier molecular flexibility index (Phi) is 3.08. The molecule has 1 amide bonds. The van der Waals surface area contributed by atoms with Gasteiger partial charge in [-0.2, -0.15) is 0 Å². The van der Waals surface area contributed by atoms with E-state index in [1.165, 1.54) is 4.90 Å². The van der Waals surface area contributed by atoms with Crippen LogP contribution in [0.5, 0.6) is 0 Å². The quantitative estimate of drug-likeness (QED) is 0.792. The first-order chi connectivity index (χ1) is 9.16. The maximum atomic E-state index is 12.0. The van der Waals surface area contributed by atoms with Crippen LogP contribution in [0.4, 0.5) is 5.69 Å². The largest absolute Gasteiger partial charge is 0.393 e. The van der Waals surface area contributed by atoms with Gasteiger partial charge in [0, 0.05) is 13.1 Å². The summed E-state index contributed by atoms with van der Waals surface area (Å²) in [6, 6.07) is 7.09. The molecule has 2 heterocycles. The number of hydrogen-bond donors (Lipinski definition) is 1. The number of fused-ring (bicyclic) bond motifs is 1. The van der Waals surface area contributed by atoms with Crippen molar-refractivity contribution in [3.63, 3.8) is 0 Å². The molecule has 2 aliphatic rings. The number of carbonyl (C=O) groups excluding carboxylic acids is 2. The van der Waals surface area contributed by atoms with Gasteiger partial charge >= 0.3 is 5.91 Å². The first kappa shape index (κ1) is 12.3. The van der Waals surface area contributed by atoms with Gasteiger partial charge in [0.2, 0.25) is 0 Å². The molecule has 5 nitrogen and oxygen atoms in total. The molecule has 0 saturated carbocycles. The smallest absolute Gasteiger partial charge is 0.300 e. The molecule has 0 atom stereocenters. The lowest BCUT2D eigenvalue weighted by Crippen LogP contribution is -2.45. The number of anilines is 1. The van der Waals surface area contributed by atoms with Crippen LogP contribution in [0.2, 0.25) is 0 Å². The molecule has 1 N–H and O–H groups in total. The fourth-order valence-corrected chi connectivity index (χ4v) is 2.65. The Bertz CT molecular complexity index is 521. The number of carbonyl (C=O) groups is 2. The first-order valence-electron chi connectivity index (χ1n) is 6.52. The number of aliphatic hydroxyl groups excluding tert-OH is 1. The van der Waals surface area contributed by atoms with Crippen molar-refractivity contribution >= 4 is 17.4 Å². The highest BCUT2D eigenvalue weighted by Gasteiger charge is 2.36. The van der Waals surface area contributed by atoms with E-state index >= 15 is 0 Å². The van der Waals surface area contributed by atoms with E-state index in [-0.39, 0.29) is 6.10 Å². The van der Waals surface area contributed by atoms with Crippen LogP contribution in [0.1, 0.15) is 23.2 Å². The Balaban J connectivity index is 1.78. The second kappa shape index (κ2) is 4.75. The number of ketones is 1. The zero-order chi connectivity index (χ0) is 13.4. The van der Waals surface area contributed by atoms with Gasteiger partial charge in [0.05, 0.1) is 24.0 Å². The summed E-state index contributed by atoms with van der Waals surface area (Å²) < 4.78 is 0. The van der Waals surface area contributed by atoms with E-state index in [1.54, 1.807) is 18.2 Å². The summed E-state index contributed by atoms with van der Waals surface area (Å²) in [5.74, 6) is -0.875. The highest BCUT2D eigenvalue weighted by atomic mass is 16.3. The fourth-order valence-electron chi connectivity index (χ4n) is 2.65.